The lowest BCUT2D eigenvalue weighted by molar-refractivity contribution is -0.137. The van der Waals surface area contributed by atoms with E-state index >= 15 is 0 Å². The Hall–Kier alpha value is -1.68. The van der Waals surface area contributed by atoms with Crippen molar-refractivity contribution in [2.24, 2.45) is 10.4 Å². The number of benzene rings is 1. The molecule has 0 bridgehead atoms. The number of halogens is 2. The van der Waals surface area contributed by atoms with E-state index in [1.54, 1.807) is 29.5 Å². The number of carbonyl (C=O) groups is 1. The van der Waals surface area contributed by atoms with Crippen LogP contribution in [-0.2, 0) is 9.53 Å². The lowest BCUT2D eigenvalue weighted by atomic mass is 9.88. The average molecular weight is 493 g/mol. The van der Waals surface area contributed by atoms with E-state index in [2.05, 4.69) is 4.99 Å². The van der Waals surface area contributed by atoms with Crippen LogP contribution in [0.4, 0.5) is 4.39 Å². The van der Waals surface area contributed by atoms with Crippen molar-refractivity contribution in [1.29, 1.82) is 0 Å². The van der Waals surface area contributed by atoms with Gasteiger partial charge in [-0.3, -0.25) is 4.99 Å². The van der Waals surface area contributed by atoms with Gasteiger partial charge in [-0.15, -0.1) is 0 Å². The Morgan fingerprint density at radius 3 is 2.52 bits per heavy atom. The van der Waals surface area contributed by atoms with Gasteiger partial charge in [-0.25, -0.2) is 9.18 Å². The smallest absolute Gasteiger partial charge is 0.343 e. The third-order valence-corrected chi connectivity index (χ3v) is 4.63. The van der Waals surface area contributed by atoms with Gasteiger partial charge in [-0.05, 0) is 41.0 Å². The van der Waals surface area contributed by atoms with Gasteiger partial charge in [0.05, 0.1) is 31.9 Å². The van der Waals surface area contributed by atoms with Crippen LogP contribution >= 0.6 is 22.6 Å². The van der Waals surface area contributed by atoms with E-state index in [1.807, 2.05) is 20.8 Å². The zero-order valence-electron chi connectivity index (χ0n) is 16.0. The Morgan fingerprint density at radius 2 is 2.04 bits per heavy atom. The molecule has 0 aromatic heterocycles. The first kappa shape index (κ1) is 23.4. The minimum atomic E-state index is -0.786. The van der Waals surface area contributed by atoms with Crippen LogP contribution in [0.3, 0.4) is 0 Å². The first-order chi connectivity index (χ1) is 12.6. The van der Waals surface area contributed by atoms with E-state index in [1.165, 1.54) is 19.4 Å². The summed E-state index contributed by atoms with van der Waals surface area (Å²) in [6.07, 6.45) is 1.18. The van der Waals surface area contributed by atoms with Crippen molar-refractivity contribution < 1.29 is 28.9 Å². The molecule has 1 aromatic carbocycles. The second kappa shape index (κ2) is 10.0. The van der Waals surface area contributed by atoms with E-state index in [9.17, 15) is 19.4 Å². The highest BCUT2D eigenvalue weighted by molar-refractivity contribution is 14.1. The van der Waals surface area contributed by atoms with Crippen LogP contribution in [0.1, 0.15) is 33.3 Å². The van der Waals surface area contributed by atoms with E-state index in [0.717, 1.165) is 6.07 Å². The molecule has 0 spiro atoms. The maximum Gasteiger partial charge on any atom is 0.343 e. The van der Waals surface area contributed by atoms with Crippen LogP contribution in [0.25, 0.3) is 5.76 Å². The number of hydrogen-bond acceptors (Lipinski definition) is 6. The van der Waals surface area contributed by atoms with Crippen molar-refractivity contribution in [3.63, 3.8) is 0 Å². The molecule has 8 heteroatoms. The molecule has 0 radical (unpaired) electrons. The van der Waals surface area contributed by atoms with Gasteiger partial charge in [-0.1, -0.05) is 20.8 Å². The fourth-order valence-electron chi connectivity index (χ4n) is 2.16. The Kier molecular flexibility index (Phi) is 8.67. The molecule has 0 saturated carbocycles. The molecule has 6 nitrogen and oxygen atoms in total. The van der Waals surface area contributed by atoms with E-state index in [0.29, 0.717) is 0 Å². The molecule has 0 fully saturated rings. The first-order valence-corrected chi connectivity index (χ1v) is 9.42. The van der Waals surface area contributed by atoms with Crippen molar-refractivity contribution in [3.05, 3.63) is 32.7 Å². The Bertz CT molecular complexity index is 740. The van der Waals surface area contributed by atoms with Crippen LogP contribution in [0.15, 0.2) is 22.7 Å². The third kappa shape index (κ3) is 6.17. The van der Waals surface area contributed by atoms with E-state index in [-0.39, 0.29) is 39.1 Å². The zero-order valence-corrected chi connectivity index (χ0v) is 18.2. The number of aliphatic imine (C=N–C) groups is 1. The number of esters is 1. The molecule has 1 aromatic rings. The molecule has 0 heterocycles. The van der Waals surface area contributed by atoms with Crippen molar-refractivity contribution in [1.82, 2.24) is 0 Å². The van der Waals surface area contributed by atoms with Gasteiger partial charge in [0.2, 0.25) is 0 Å². The number of methoxy groups -OCH3 is 1. The summed E-state index contributed by atoms with van der Waals surface area (Å²) in [5.74, 6) is -1.68. The standard InChI is InChI=1S/C19H25FINO5/c1-6-27-18(25)12(9-22-16(10-23)19(2,3)4)17(24)11-7-14(21)13(20)8-15(11)26-5/h7-9,16,23-24H,6,10H2,1-5H3/t16-/m1/s1. The van der Waals surface area contributed by atoms with Gasteiger partial charge in [0.1, 0.15) is 22.9 Å². The van der Waals surface area contributed by atoms with Crippen LogP contribution in [-0.4, -0.2) is 48.8 Å². The zero-order chi connectivity index (χ0) is 20.8. The lowest BCUT2D eigenvalue weighted by Gasteiger charge is -2.25. The Morgan fingerprint density at radius 1 is 1.41 bits per heavy atom. The fraction of sp³-hybridized carbons (Fsp3) is 0.474. The number of nitrogens with zero attached hydrogens (tertiary/aromatic N) is 1. The van der Waals surface area contributed by atoms with Gasteiger partial charge in [0.15, 0.2) is 0 Å². The van der Waals surface area contributed by atoms with Gasteiger partial charge < -0.3 is 19.7 Å². The van der Waals surface area contributed by atoms with Gasteiger partial charge in [0.25, 0.3) is 0 Å². The maximum absolute atomic E-state index is 13.8. The summed E-state index contributed by atoms with van der Waals surface area (Å²) >= 11 is 1.78. The summed E-state index contributed by atoms with van der Waals surface area (Å²) in [4.78, 5) is 16.6. The molecule has 0 unspecified atom stereocenters. The molecule has 1 atom stereocenters. The first-order valence-electron chi connectivity index (χ1n) is 8.34. The number of ether oxygens (including phenoxy) is 2. The normalized spacial score (nSPS) is 14.1. The molecular formula is C19H25FINO5. The van der Waals surface area contributed by atoms with Crippen molar-refractivity contribution in [2.75, 3.05) is 20.3 Å². The summed E-state index contributed by atoms with van der Waals surface area (Å²) in [7, 11) is 1.33. The monoisotopic (exact) mass is 493 g/mol. The van der Waals surface area contributed by atoms with Crippen LogP contribution < -0.4 is 4.74 Å². The lowest BCUT2D eigenvalue weighted by Crippen LogP contribution is -2.28. The minimum Gasteiger partial charge on any atom is -0.506 e. The van der Waals surface area contributed by atoms with E-state index < -0.39 is 23.6 Å². The summed E-state index contributed by atoms with van der Waals surface area (Å²) < 4.78 is 24.2. The number of aliphatic hydroxyl groups excluding tert-OH is 2. The molecular weight excluding hydrogens is 468 g/mol. The minimum absolute atomic E-state index is 0.0649. The number of hydrogen-bond donors (Lipinski definition) is 2. The molecule has 2 N–H and O–H groups in total. The second-order valence-electron chi connectivity index (χ2n) is 6.79. The predicted molar refractivity (Wildman–Crippen MR) is 111 cm³/mol. The van der Waals surface area contributed by atoms with Gasteiger partial charge in [-0.2, -0.15) is 0 Å². The van der Waals surface area contributed by atoms with Crippen LogP contribution in [0, 0.1) is 14.8 Å². The van der Waals surface area contributed by atoms with Gasteiger partial charge >= 0.3 is 5.97 Å². The predicted octanol–water partition coefficient (Wildman–Crippen LogP) is 3.75. The largest absolute Gasteiger partial charge is 0.506 e. The third-order valence-electron chi connectivity index (χ3n) is 3.80. The van der Waals surface area contributed by atoms with Crippen molar-refractivity contribution >= 4 is 40.5 Å². The molecule has 0 aliphatic rings. The number of aliphatic hydroxyl groups is 2. The average Bonchev–Trinajstić information content (AvgIpc) is 2.59. The van der Waals surface area contributed by atoms with Crippen molar-refractivity contribution in [3.8, 4) is 5.75 Å². The highest BCUT2D eigenvalue weighted by Crippen LogP contribution is 2.30. The number of rotatable bonds is 7. The molecule has 0 aliphatic carbocycles. The molecule has 0 amide bonds. The summed E-state index contributed by atoms with van der Waals surface area (Å²) in [6.45, 7) is 7.19. The quantitative estimate of drug-likeness (QED) is 0.199. The highest BCUT2D eigenvalue weighted by atomic mass is 127. The van der Waals surface area contributed by atoms with E-state index in [4.69, 9.17) is 9.47 Å². The van der Waals surface area contributed by atoms with Gasteiger partial charge in [0, 0.05) is 15.9 Å². The Labute approximate surface area is 172 Å². The summed E-state index contributed by atoms with van der Waals surface area (Å²) in [5.41, 5.74) is -0.432. The molecule has 150 valence electrons. The van der Waals surface area contributed by atoms with Crippen LogP contribution in [0.2, 0.25) is 0 Å². The Balaban J connectivity index is 3.54. The molecule has 1 rings (SSSR count). The topological polar surface area (TPSA) is 88.4 Å². The molecule has 27 heavy (non-hydrogen) atoms. The van der Waals surface area contributed by atoms with Crippen molar-refractivity contribution in [2.45, 2.75) is 33.7 Å². The fourth-order valence-corrected chi connectivity index (χ4v) is 2.62. The highest BCUT2D eigenvalue weighted by Gasteiger charge is 2.25. The second-order valence-corrected chi connectivity index (χ2v) is 7.95. The summed E-state index contributed by atoms with van der Waals surface area (Å²) in [6, 6.07) is 1.99. The summed E-state index contributed by atoms with van der Waals surface area (Å²) in [5, 5.41) is 20.3. The molecule has 0 saturated heterocycles. The maximum atomic E-state index is 13.8. The number of carbonyl (C=O) groups excluding carboxylic acids is 1. The SMILES string of the molecule is CCOC(=O)C(C=N[C@H](CO)C(C)(C)C)=C(O)c1cc(I)c(F)cc1OC. The van der Waals surface area contributed by atoms with Crippen LogP contribution in [0.5, 0.6) is 5.75 Å². The molecule has 0 aliphatic heterocycles.